The number of phenolic OH excluding ortho intramolecular Hbond substituents is 1. The molecule has 148 valence electrons. The molecule has 30 heavy (non-hydrogen) atoms. The van der Waals surface area contributed by atoms with Crippen LogP contribution < -0.4 is 4.90 Å². The van der Waals surface area contributed by atoms with Crippen molar-refractivity contribution in [3.63, 3.8) is 0 Å². The highest BCUT2D eigenvalue weighted by Gasteiger charge is 2.30. The lowest BCUT2D eigenvalue weighted by atomic mass is 9.89. The Morgan fingerprint density at radius 3 is 1.90 bits per heavy atom. The zero-order valence-corrected chi connectivity index (χ0v) is 16.4. The van der Waals surface area contributed by atoms with E-state index in [1.54, 1.807) is 29.3 Å². The number of amides is 1. The van der Waals surface area contributed by atoms with Gasteiger partial charge in [-0.3, -0.25) is 9.78 Å². The van der Waals surface area contributed by atoms with E-state index < -0.39 is 5.92 Å². The molecular weight excluding hydrogens is 372 g/mol. The SMILES string of the molecule is O=C(C(c1ccccc1)c1ccccc1)N(Cc1ccccn1)c1ccccc1O. The lowest BCUT2D eigenvalue weighted by Crippen LogP contribution is -2.35. The van der Waals surface area contributed by atoms with Crippen LogP contribution in [0, 0.1) is 0 Å². The highest BCUT2D eigenvalue weighted by molar-refractivity contribution is 6.01. The fraction of sp³-hybridized carbons (Fsp3) is 0.0769. The molecule has 4 aromatic rings. The van der Waals surface area contributed by atoms with Crippen LogP contribution in [-0.4, -0.2) is 16.0 Å². The molecule has 0 atom stereocenters. The summed E-state index contributed by atoms with van der Waals surface area (Å²) >= 11 is 0. The summed E-state index contributed by atoms with van der Waals surface area (Å²) in [6, 6.07) is 31.9. The van der Waals surface area contributed by atoms with Gasteiger partial charge in [-0.25, -0.2) is 0 Å². The molecule has 4 nitrogen and oxygen atoms in total. The number of benzene rings is 3. The van der Waals surface area contributed by atoms with E-state index in [-0.39, 0.29) is 18.2 Å². The maximum absolute atomic E-state index is 14.0. The molecule has 1 heterocycles. The summed E-state index contributed by atoms with van der Waals surface area (Å²) in [5.41, 5.74) is 3.00. The predicted octanol–water partition coefficient (Wildman–Crippen LogP) is 5.15. The molecular formula is C26H22N2O2. The van der Waals surface area contributed by atoms with Crippen LogP contribution in [0.3, 0.4) is 0 Å². The third-order valence-corrected chi connectivity index (χ3v) is 5.00. The quantitative estimate of drug-likeness (QED) is 0.492. The predicted molar refractivity (Wildman–Crippen MR) is 118 cm³/mol. The highest BCUT2D eigenvalue weighted by atomic mass is 16.3. The van der Waals surface area contributed by atoms with Crippen LogP contribution in [0.25, 0.3) is 0 Å². The summed E-state index contributed by atoms with van der Waals surface area (Å²) in [7, 11) is 0. The minimum absolute atomic E-state index is 0.0571. The second-order valence-corrected chi connectivity index (χ2v) is 6.99. The van der Waals surface area contributed by atoms with Gasteiger partial charge in [0.15, 0.2) is 0 Å². The van der Waals surface area contributed by atoms with Crippen LogP contribution in [0.1, 0.15) is 22.7 Å². The second-order valence-electron chi connectivity index (χ2n) is 6.99. The molecule has 0 saturated carbocycles. The number of rotatable bonds is 6. The summed E-state index contributed by atoms with van der Waals surface area (Å²) in [5.74, 6) is -0.572. The Bertz CT molecular complexity index is 1060. The lowest BCUT2D eigenvalue weighted by Gasteiger charge is -2.28. The van der Waals surface area contributed by atoms with Crippen LogP contribution in [0.5, 0.6) is 5.75 Å². The van der Waals surface area contributed by atoms with E-state index >= 15 is 0 Å². The van der Waals surface area contributed by atoms with Crippen LogP contribution >= 0.6 is 0 Å². The zero-order valence-electron chi connectivity index (χ0n) is 16.4. The van der Waals surface area contributed by atoms with E-state index in [1.165, 1.54) is 0 Å². The first-order valence-corrected chi connectivity index (χ1v) is 9.83. The number of nitrogens with zero attached hydrogens (tertiary/aromatic N) is 2. The largest absolute Gasteiger partial charge is 0.506 e. The Hall–Kier alpha value is -3.92. The van der Waals surface area contributed by atoms with Gasteiger partial charge in [0.25, 0.3) is 0 Å². The summed E-state index contributed by atoms with van der Waals surface area (Å²) in [6.07, 6.45) is 1.70. The van der Waals surface area contributed by atoms with Crippen molar-refractivity contribution in [1.29, 1.82) is 0 Å². The second kappa shape index (κ2) is 9.05. The van der Waals surface area contributed by atoms with Crippen molar-refractivity contribution in [3.8, 4) is 5.75 Å². The molecule has 0 aliphatic carbocycles. The molecule has 3 aromatic carbocycles. The van der Waals surface area contributed by atoms with Gasteiger partial charge >= 0.3 is 0 Å². The fourth-order valence-corrected chi connectivity index (χ4v) is 3.55. The molecule has 4 rings (SSSR count). The summed E-state index contributed by atoms with van der Waals surface area (Å²) < 4.78 is 0. The molecule has 0 radical (unpaired) electrons. The topological polar surface area (TPSA) is 53.4 Å². The summed E-state index contributed by atoms with van der Waals surface area (Å²) in [5, 5.41) is 10.5. The van der Waals surface area contributed by atoms with Crippen LogP contribution in [0.15, 0.2) is 109 Å². The van der Waals surface area contributed by atoms with Crippen molar-refractivity contribution in [2.24, 2.45) is 0 Å². The maximum Gasteiger partial charge on any atom is 0.239 e. The minimum Gasteiger partial charge on any atom is -0.506 e. The highest BCUT2D eigenvalue weighted by Crippen LogP contribution is 2.33. The average Bonchev–Trinajstić information content (AvgIpc) is 2.80. The van der Waals surface area contributed by atoms with Crippen LogP contribution in [0.4, 0.5) is 5.69 Å². The third-order valence-electron chi connectivity index (χ3n) is 5.00. The number of hydrogen-bond donors (Lipinski definition) is 1. The summed E-state index contributed by atoms with van der Waals surface area (Å²) in [4.78, 5) is 20.0. The number of aromatic hydroxyl groups is 1. The van der Waals surface area contributed by atoms with Gasteiger partial charge in [0.1, 0.15) is 5.75 Å². The van der Waals surface area contributed by atoms with Crippen molar-refractivity contribution in [1.82, 2.24) is 4.98 Å². The molecule has 1 N–H and O–H groups in total. The third kappa shape index (κ3) is 4.23. The smallest absolute Gasteiger partial charge is 0.239 e. The normalized spacial score (nSPS) is 10.7. The van der Waals surface area contributed by atoms with E-state index in [1.807, 2.05) is 84.9 Å². The standard InChI is InChI=1S/C26H22N2O2/c29-24-17-8-7-16-23(24)28(19-22-15-9-10-18-27-22)26(30)25(20-11-3-1-4-12-20)21-13-5-2-6-14-21/h1-18,25,29H,19H2. The Kier molecular flexibility index (Phi) is 5.85. The first-order chi connectivity index (χ1) is 14.7. The first-order valence-electron chi connectivity index (χ1n) is 9.83. The molecule has 0 spiro atoms. The van der Waals surface area contributed by atoms with Gasteiger partial charge in [0.05, 0.1) is 23.8 Å². The zero-order chi connectivity index (χ0) is 20.8. The van der Waals surface area contributed by atoms with Gasteiger partial charge in [0, 0.05) is 6.20 Å². The van der Waals surface area contributed by atoms with Gasteiger partial charge in [-0.05, 0) is 35.4 Å². The van der Waals surface area contributed by atoms with Crippen molar-refractivity contribution in [3.05, 3.63) is 126 Å². The number of anilines is 1. The molecule has 4 heteroatoms. The average molecular weight is 394 g/mol. The van der Waals surface area contributed by atoms with Crippen LogP contribution in [-0.2, 0) is 11.3 Å². The molecule has 0 bridgehead atoms. The number of para-hydroxylation sites is 2. The van der Waals surface area contributed by atoms with Gasteiger partial charge in [-0.1, -0.05) is 78.9 Å². The van der Waals surface area contributed by atoms with Crippen molar-refractivity contribution in [2.75, 3.05) is 4.90 Å². The van der Waals surface area contributed by atoms with E-state index in [4.69, 9.17) is 0 Å². The maximum atomic E-state index is 14.0. The number of phenols is 1. The molecule has 0 saturated heterocycles. The van der Waals surface area contributed by atoms with E-state index in [9.17, 15) is 9.90 Å². The van der Waals surface area contributed by atoms with E-state index in [2.05, 4.69) is 4.98 Å². The number of hydrogen-bond acceptors (Lipinski definition) is 3. The first kappa shape index (κ1) is 19.4. The Morgan fingerprint density at radius 2 is 1.33 bits per heavy atom. The Labute approximate surface area is 176 Å². The molecule has 0 unspecified atom stereocenters. The lowest BCUT2D eigenvalue weighted by molar-refractivity contribution is -0.119. The van der Waals surface area contributed by atoms with E-state index in [0.717, 1.165) is 16.8 Å². The van der Waals surface area contributed by atoms with Crippen molar-refractivity contribution < 1.29 is 9.90 Å². The van der Waals surface area contributed by atoms with Gasteiger partial charge in [-0.15, -0.1) is 0 Å². The fourth-order valence-electron chi connectivity index (χ4n) is 3.55. The molecule has 1 aromatic heterocycles. The van der Waals surface area contributed by atoms with Gasteiger partial charge in [-0.2, -0.15) is 0 Å². The number of carbonyl (C=O) groups excluding carboxylic acids is 1. The number of aromatic nitrogens is 1. The summed E-state index contributed by atoms with van der Waals surface area (Å²) in [6.45, 7) is 0.257. The van der Waals surface area contributed by atoms with Crippen molar-refractivity contribution in [2.45, 2.75) is 12.5 Å². The number of pyridine rings is 1. The Morgan fingerprint density at radius 1 is 0.767 bits per heavy atom. The van der Waals surface area contributed by atoms with Crippen LogP contribution in [0.2, 0.25) is 0 Å². The van der Waals surface area contributed by atoms with Gasteiger partial charge in [0.2, 0.25) is 5.91 Å². The molecule has 1 amide bonds. The molecule has 0 aliphatic rings. The van der Waals surface area contributed by atoms with Crippen molar-refractivity contribution >= 4 is 11.6 Å². The van der Waals surface area contributed by atoms with E-state index in [0.29, 0.717) is 5.69 Å². The number of carbonyl (C=O) groups is 1. The Balaban J connectivity index is 1.81. The monoisotopic (exact) mass is 394 g/mol. The molecule has 0 fully saturated rings. The molecule has 0 aliphatic heterocycles. The van der Waals surface area contributed by atoms with Gasteiger partial charge < -0.3 is 10.0 Å². The minimum atomic E-state index is -0.504.